The van der Waals surface area contributed by atoms with Crippen molar-refractivity contribution in [3.05, 3.63) is 47.3 Å². The molecule has 2 aliphatic rings. The van der Waals surface area contributed by atoms with Crippen molar-refractivity contribution in [2.75, 3.05) is 19.6 Å². The third-order valence-corrected chi connectivity index (χ3v) is 3.96. The van der Waals surface area contributed by atoms with Crippen LogP contribution in [0.4, 0.5) is 0 Å². The van der Waals surface area contributed by atoms with Gasteiger partial charge in [-0.05, 0) is 49.1 Å². The minimum Gasteiger partial charge on any atom is -0.361 e. The molecule has 0 saturated carbocycles. The van der Waals surface area contributed by atoms with Gasteiger partial charge in [0, 0.05) is 30.2 Å². The van der Waals surface area contributed by atoms with Crippen molar-refractivity contribution >= 4 is 6.21 Å². The summed E-state index contributed by atoms with van der Waals surface area (Å²) in [6.45, 7) is 11.7. The van der Waals surface area contributed by atoms with Gasteiger partial charge in [-0.1, -0.05) is 26.5 Å². The molecule has 3 heteroatoms. The van der Waals surface area contributed by atoms with Crippen LogP contribution in [0.2, 0.25) is 0 Å². The van der Waals surface area contributed by atoms with Crippen LogP contribution in [0.3, 0.4) is 0 Å². The maximum atomic E-state index is 7.60. The van der Waals surface area contributed by atoms with Crippen LogP contribution < -0.4 is 5.32 Å². The fraction of sp³-hybridized carbons (Fsp3) is 0.471. The molecule has 2 rings (SSSR count). The molecule has 0 radical (unpaired) electrons. The van der Waals surface area contributed by atoms with Gasteiger partial charge < -0.3 is 10.7 Å². The van der Waals surface area contributed by atoms with E-state index in [-0.39, 0.29) is 0 Å². The summed E-state index contributed by atoms with van der Waals surface area (Å²) in [5.41, 5.74) is 4.18. The van der Waals surface area contributed by atoms with Gasteiger partial charge in [-0.3, -0.25) is 4.90 Å². The topological polar surface area (TPSA) is 39.1 Å². The summed E-state index contributed by atoms with van der Waals surface area (Å²) in [5.74, 6) is 0.351. The van der Waals surface area contributed by atoms with Gasteiger partial charge in [0.25, 0.3) is 0 Å². The first-order valence-corrected chi connectivity index (χ1v) is 7.41. The first-order valence-electron chi connectivity index (χ1n) is 7.41. The Balaban J connectivity index is 2.04. The lowest BCUT2D eigenvalue weighted by molar-refractivity contribution is 0.370. The molecule has 3 nitrogen and oxygen atoms in total. The Labute approximate surface area is 122 Å². The Morgan fingerprint density at radius 3 is 2.60 bits per heavy atom. The molecule has 0 spiro atoms. The number of nitrogens with one attached hydrogen (secondary N) is 2. The molecule has 0 aromatic rings. The number of allylic oxidation sites excluding steroid dienone is 3. The zero-order chi connectivity index (χ0) is 14.5. The molecule has 0 amide bonds. The monoisotopic (exact) mass is 271 g/mol. The van der Waals surface area contributed by atoms with E-state index in [1.165, 1.54) is 37.7 Å². The lowest BCUT2D eigenvalue weighted by Gasteiger charge is -2.20. The van der Waals surface area contributed by atoms with Gasteiger partial charge in [0.1, 0.15) is 0 Å². The van der Waals surface area contributed by atoms with E-state index < -0.39 is 0 Å². The molecule has 20 heavy (non-hydrogen) atoms. The molecular formula is C17H25N3. The second-order valence-electron chi connectivity index (χ2n) is 5.83. The summed E-state index contributed by atoms with van der Waals surface area (Å²) in [7, 11) is 0. The number of dihydropyridines is 1. The Morgan fingerprint density at radius 2 is 2.10 bits per heavy atom. The van der Waals surface area contributed by atoms with Crippen LogP contribution >= 0.6 is 0 Å². The van der Waals surface area contributed by atoms with Crippen molar-refractivity contribution in [2.24, 2.45) is 5.92 Å². The third kappa shape index (κ3) is 3.48. The van der Waals surface area contributed by atoms with E-state index in [0.29, 0.717) is 5.92 Å². The zero-order valence-corrected chi connectivity index (χ0v) is 12.6. The van der Waals surface area contributed by atoms with E-state index in [1.54, 1.807) is 0 Å². The molecule has 2 heterocycles. The van der Waals surface area contributed by atoms with Gasteiger partial charge in [0.05, 0.1) is 0 Å². The smallest absolute Gasteiger partial charge is 0.0471 e. The van der Waals surface area contributed by atoms with E-state index in [1.807, 2.05) is 0 Å². The summed E-state index contributed by atoms with van der Waals surface area (Å²) < 4.78 is 0. The van der Waals surface area contributed by atoms with Crippen LogP contribution in [0, 0.1) is 11.3 Å². The second kappa shape index (κ2) is 6.71. The standard InChI is InChI=1S/C17H25N3/c1-13(2)14(3)16(10-18)17-7-6-15(11-19-17)12-20-8-4-5-9-20/h6-7,10-11,13,18-19H,3-5,8-9,12H2,1-2H3/b17-16+,18-10?. The average molecular weight is 271 g/mol. The molecule has 0 unspecified atom stereocenters. The van der Waals surface area contributed by atoms with Crippen LogP contribution in [0.1, 0.15) is 26.7 Å². The highest BCUT2D eigenvalue weighted by Gasteiger charge is 2.15. The SMILES string of the molecule is C=C(/C(C=N)=C1\C=CC(CN2CCCC2)=CN1)C(C)C. The maximum Gasteiger partial charge on any atom is 0.0471 e. The Bertz CT molecular complexity index is 474. The average Bonchev–Trinajstić information content (AvgIpc) is 2.94. The molecule has 0 aliphatic carbocycles. The minimum absolute atomic E-state index is 0.351. The molecule has 2 aliphatic heterocycles. The van der Waals surface area contributed by atoms with E-state index in [4.69, 9.17) is 5.41 Å². The number of hydrogen-bond acceptors (Lipinski definition) is 3. The van der Waals surface area contributed by atoms with Crippen molar-refractivity contribution < 1.29 is 0 Å². The van der Waals surface area contributed by atoms with Crippen molar-refractivity contribution in [1.82, 2.24) is 10.2 Å². The number of nitrogens with zero attached hydrogens (tertiary/aromatic N) is 1. The molecule has 0 atom stereocenters. The van der Waals surface area contributed by atoms with E-state index in [0.717, 1.165) is 23.4 Å². The summed E-state index contributed by atoms with van der Waals surface area (Å²) in [5, 5.41) is 10.9. The molecule has 0 aromatic heterocycles. The normalized spacial score (nSPS) is 21.6. The van der Waals surface area contributed by atoms with Crippen LogP contribution in [0.15, 0.2) is 47.3 Å². The number of hydrogen-bond donors (Lipinski definition) is 2. The molecular weight excluding hydrogens is 246 g/mol. The van der Waals surface area contributed by atoms with Crippen molar-refractivity contribution in [2.45, 2.75) is 26.7 Å². The van der Waals surface area contributed by atoms with Crippen LogP contribution in [0.5, 0.6) is 0 Å². The van der Waals surface area contributed by atoms with Gasteiger partial charge in [0.2, 0.25) is 0 Å². The lowest BCUT2D eigenvalue weighted by Crippen LogP contribution is -2.24. The van der Waals surface area contributed by atoms with Gasteiger partial charge >= 0.3 is 0 Å². The maximum absolute atomic E-state index is 7.60. The van der Waals surface area contributed by atoms with E-state index >= 15 is 0 Å². The quantitative estimate of drug-likeness (QED) is 0.753. The number of rotatable bonds is 5. The molecule has 0 aromatic carbocycles. The van der Waals surface area contributed by atoms with Gasteiger partial charge in [-0.15, -0.1) is 0 Å². The highest BCUT2D eigenvalue weighted by Crippen LogP contribution is 2.21. The summed E-state index contributed by atoms with van der Waals surface area (Å²) in [6, 6.07) is 0. The predicted octanol–water partition coefficient (Wildman–Crippen LogP) is 3.24. The molecule has 1 fully saturated rings. The van der Waals surface area contributed by atoms with Crippen LogP contribution in [-0.2, 0) is 0 Å². The van der Waals surface area contributed by atoms with Crippen LogP contribution in [-0.4, -0.2) is 30.7 Å². The Morgan fingerprint density at radius 1 is 1.40 bits per heavy atom. The molecule has 108 valence electrons. The fourth-order valence-corrected chi connectivity index (χ4v) is 2.58. The highest BCUT2D eigenvalue weighted by molar-refractivity contribution is 5.84. The fourth-order valence-electron chi connectivity index (χ4n) is 2.58. The second-order valence-corrected chi connectivity index (χ2v) is 5.83. The number of likely N-dealkylation sites (tertiary alicyclic amines) is 1. The van der Waals surface area contributed by atoms with Crippen LogP contribution in [0.25, 0.3) is 0 Å². The van der Waals surface area contributed by atoms with Crippen molar-refractivity contribution in [3.63, 3.8) is 0 Å². The molecule has 1 saturated heterocycles. The Kier molecular flexibility index (Phi) is 4.96. The molecule has 0 bridgehead atoms. The van der Waals surface area contributed by atoms with Gasteiger partial charge in [-0.25, -0.2) is 0 Å². The van der Waals surface area contributed by atoms with Gasteiger partial charge in [-0.2, -0.15) is 0 Å². The summed E-state index contributed by atoms with van der Waals surface area (Å²) in [6.07, 6.45) is 10.3. The Hall–Kier alpha value is -1.61. The first kappa shape index (κ1) is 14.8. The lowest BCUT2D eigenvalue weighted by atomic mass is 9.95. The predicted molar refractivity (Wildman–Crippen MR) is 85.8 cm³/mol. The van der Waals surface area contributed by atoms with E-state index in [2.05, 4.69) is 49.0 Å². The highest BCUT2D eigenvalue weighted by atomic mass is 15.1. The molecule has 2 N–H and O–H groups in total. The largest absolute Gasteiger partial charge is 0.361 e. The third-order valence-electron chi connectivity index (χ3n) is 3.96. The van der Waals surface area contributed by atoms with Crippen molar-refractivity contribution in [3.8, 4) is 0 Å². The van der Waals surface area contributed by atoms with E-state index in [9.17, 15) is 0 Å². The van der Waals surface area contributed by atoms with Crippen molar-refractivity contribution in [1.29, 1.82) is 5.41 Å². The minimum atomic E-state index is 0.351. The zero-order valence-electron chi connectivity index (χ0n) is 12.6. The summed E-state index contributed by atoms with van der Waals surface area (Å²) in [4.78, 5) is 2.48. The first-order chi connectivity index (χ1) is 9.61. The van der Waals surface area contributed by atoms with Gasteiger partial charge in [0.15, 0.2) is 0 Å². The summed E-state index contributed by atoms with van der Waals surface area (Å²) >= 11 is 0.